The van der Waals surface area contributed by atoms with Gasteiger partial charge in [0.05, 0.1) is 12.1 Å². The minimum atomic E-state index is -1.09. The molecule has 18 heavy (non-hydrogen) atoms. The minimum absolute atomic E-state index is 0.00519. The van der Waals surface area contributed by atoms with Crippen molar-refractivity contribution in [2.75, 3.05) is 13.2 Å². The number of ether oxygens (including phenoxy) is 1. The molecule has 2 aromatic rings. The summed E-state index contributed by atoms with van der Waals surface area (Å²) in [6, 6.07) is 4.75. The van der Waals surface area contributed by atoms with Gasteiger partial charge >= 0.3 is 5.97 Å². The van der Waals surface area contributed by atoms with Crippen molar-refractivity contribution in [1.29, 1.82) is 0 Å². The van der Waals surface area contributed by atoms with Crippen LogP contribution in [0.1, 0.15) is 28.7 Å². The number of hydrogen-bond donors (Lipinski definition) is 2. The minimum Gasteiger partial charge on any atom is -0.494 e. The first kappa shape index (κ1) is 11.0. The normalized spacial score (nSPS) is 19.4. The van der Waals surface area contributed by atoms with Crippen molar-refractivity contribution in [1.82, 2.24) is 9.38 Å². The van der Waals surface area contributed by atoms with Crippen LogP contribution < -0.4 is 0 Å². The molecule has 1 saturated heterocycles. The summed E-state index contributed by atoms with van der Waals surface area (Å²) in [5, 5.41) is 19.0. The molecular formula is C12H12N2O4. The maximum absolute atomic E-state index is 11.2. The number of aromatic hydroxyl groups is 1. The maximum atomic E-state index is 11.2. The van der Waals surface area contributed by atoms with Gasteiger partial charge in [-0.05, 0) is 18.6 Å². The fourth-order valence-electron chi connectivity index (χ4n) is 2.31. The van der Waals surface area contributed by atoms with E-state index in [1.807, 2.05) is 0 Å². The third kappa shape index (κ3) is 1.53. The van der Waals surface area contributed by atoms with Crippen LogP contribution in [-0.2, 0) is 4.74 Å². The fourth-order valence-corrected chi connectivity index (χ4v) is 2.31. The molecule has 6 nitrogen and oxygen atoms in total. The predicted octanol–water partition coefficient (Wildman–Crippen LogP) is 1.24. The summed E-state index contributed by atoms with van der Waals surface area (Å²) in [5.74, 6) is -0.519. The lowest BCUT2D eigenvalue weighted by atomic mass is 10.1. The zero-order valence-electron chi connectivity index (χ0n) is 9.54. The first-order valence-corrected chi connectivity index (χ1v) is 5.70. The zero-order chi connectivity index (χ0) is 12.7. The molecular weight excluding hydrogens is 236 g/mol. The number of carbonyl (C=O) groups is 1. The molecule has 0 aromatic carbocycles. The van der Waals surface area contributed by atoms with E-state index in [0.717, 1.165) is 6.42 Å². The number of carboxylic acid groups (broad SMARTS) is 1. The summed E-state index contributed by atoms with van der Waals surface area (Å²) in [7, 11) is 0. The van der Waals surface area contributed by atoms with Gasteiger partial charge in [0, 0.05) is 12.5 Å². The third-order valence-corrected chi connectivity index (χ3v) is 3.16. The zero-order valence-corrected chi connectivity index (χ0v) is 9.54. The van der Waals surface area contributed by atoms with Gasteiger partial charge in [-0.15, -0.1) is 0 Å². The molecule has 0 amide bonds. The van der Waals surface area contributed by atoms with Crippen molar-refractivity contribution in [3.05, 3.63) is 29.7 Å². The number of pyridine rings is 1. The van der Waals surface area contributed by atoms with Gasteiger partial charge in [-0.25, -0.2) is 9.78 Å². The second-order valence-electron chi connectivity index (χ2n) is 4.29. The Morgan fingerprint density at radius 2 is 2.33 bits per heavy atom. The highest BCUT2D eigenvalue weighted by Gasteiger charge is 2.27. The average Bonchev–Trinajstić information content (AvgIpc) is 2.95. The highest BCUT2D eigenvalue weighted by atomic mass is 16.5. The number of hydrogen-bond acceptors (Lipinski definition) is 4. The number of imidazole rings is 1. The van der Waals surface area contributed by atoms with Crippen LogP contribution in [0.2, 0.25) is 0 Å². The lowest BCUT2D eigenvalue weighted by molar-refractivity contribution is 0.0693. The molecule has 2 aromatic heterocycles. The average molecular weight is 248 g/mol. The highest BCUT2D eigenvalue weighted by molar-refractivity contribution is 5.93. The number of rotatable bonds is 2. The number of fused-ring (bicyclic) bond motifs is 1. The molecule has 94 valence electrons. The summed E-state index contributed by atoms with van der Waals surface area (Å²) >= 11 is 0. The SMILES string of the molecule is O=C(O)c1nc(C2CCOC2)n2c(O)cccc12. The maximum Gasteiger partial charge on any atom is 0.356 e. The van der Waals surface area contributed by atoms with E-state index in [1.165, 1.54) is 10.5 Å². The van der Waals surface area contributed by atoms with Crippen LogP contribution in [0.5, 0.6) is 5.88 Å². The van der Waals surface area contributed by atoms with E-state index in [4.69, 9.17) is 9.84 Å². The summed E-state index contributed by atoms with van der Waals surface area (Å²) in [5.41, 5.74) is 0.372. The molecule has 0 spiro atoms. The van der Waals surface area contributed by atoms with Gasteiger partial charge in [-0.1, -0.05) is 6.07 Å². The Bertz CT molecular complexity index is 614. The Kier molecular flexibility index (Phi) is 2.45. The number of nitrogens with zero attached hydrogens (tertiary/aromatic N) is 2. The summed E-state index contributed by atoms with van der Waals surface area (Å²) in [4.78, 5) is 15.3. The van der Waals surface area contributed by atoms with Crippen LogP contribution in [0.4, 0.5) is 0 Å². The largest absolute Gasteiger partial charge is 0.494 e. The summed E-state index contributed by atoms with van der Waals surface area (Å²) in [6.07, 6.45) is 0.784. The number of carboxylic acids is 1. The van der Waals surface area contributed by atoms with Crippen molar-refractivity contribution in [2.45, 2.75) is 12.3 Å². The lowest BCUT2D eigenvalue weighted by Crippen LogP contribution is -2.04. The Morgan fingerprint density at radius 3 is 3.00 bits per heavy atom. The van der Waals surface area contributed by atoms with E-state index < -0.39 is 5.97 Å². The van der Waals surface area contributed by atoms with Gasteiger partial charge in [-0.3, -0.25) is 4.40 Å². The van der Waals surface area contributed by atoms with Crippen LogP contribution >= 0.6 is 0 Å². The van der Waals surface area contributed by atoms with Gasteiger partial charge in [0.25, 0.3) is 0 Å². The topological polar surface area (TPSA) is 84.1 Å². The molecule has 0 radical (unpaired) electrons. The molecule has 0 aliphatic carbocycles. The Balaban J connectivity index is 2.27. The smallest absolute Gasteiger partial charge is 0.356 e. The highest BCUT2D eigenvalue weighted by Crippen LogP contribution is 2.29. The molecule has 1 aliphatic heterocycles. The van der Waals surface area contributed by atoms with Crippen molar-refractivity contribution in [3.63, 3.8) is 0 Å². The molecule has 0 saturated carbocycles. The van der Waals surface area contributed by atoms with Crippen molar-refractivity contribution in [2.24, 2.45) is 0 Å². The second kappa shape index (κ2) is 3.99. The molecule has 1 aliphatic rings. The lowest BCUT2D eigenvalue weighted by Gasteiger charge is -2.07. The Morgan fingerprint density at radius 1 is 1.50 bits per heavy atom. The van der Waals surface area contributed by atoms with Crippen LogP contribution in [0.25, 0.3) is 5.52 Å². The summed E-state index contributed by atoms with van der Waals surface area (Å²) in [6.45, 7) is 1.14. The first-order valence-electron chi connectivity index (χ1n) is 5.70. The van der Waals surface area contributed by atoms with Crippen LogP contribution in [-0.4, -0.2) is 38.8 Å². The molecule has 1 atom stereocenters. The summed E-state index contributed by atoms with van der Waals surface area (Å²) < 4.78 is 6.78. The quantitative estimate of drug-likeness (QED) is 0.835. The van der Waals surface area contributed by atoms with E-state index in [9.17, 15) is 9.90 Å². The van der Waals surface area contributed by atoms with E-state index in [0.29, 0.717) is 24.6 Å². The van der Waals surface area contributed by atoms with Crippen molar-refractivity contribution < 1.29 is 19.7 Å². The second-order valence-corrected chi connectivity index (χ2v) is 4.29. The van der Waals surface area contributed by atoms with Gasteiger partial charge in [0.15, 0.2) is 11.6 Å². The van der Waals surface area contributed by atoms with Gasteiger partial charge in [0.2, 0.25) is 0 Å². The number of aromatic carboxylic acids is 1. The third-order valence-electron chi connectivity index (χ3n) is 3.16. The molecule has 1 unspecified atom stereocenters. The van der Waals surface area contributed by atoms with E-state index in [1.54, 1.807) is 12.1 Å². The number of aromatic nitrogens is 2. The van der Waals surface area contributed by atoms with Crippen LogP contribution in [0.15, 0.2) is 18.2 Å². The predicted molar refractivity (Wildman–Crippen MR) is 62.0 cm³/mol. The van der Waals surface area contributed by atoms with E-state index in [-0.39, 0.29) is 17.5 Å². The molecule has 1 fully saturated rings. The van der Waals surface area contributed by atoms with Gasteiger partial charge < -0.3 is 14.9 Å². The molecule has 0 bridgehead atoms. The Labute approximate surface area is 102 Å². The van der Waals surface area contributed by atoms with E-state index >= 15 is 0 Å². The standard InChI is InChI=1S/C12H12N2O4/c15-9-3-1-2-8-10(12(16)17)13-11(14(8)9)7-4-5-18-6-7/h1-3,7,15H,4-6H2,(H,16,17). The molecule has 6 heteroatoms. The van der Waals surface area contributed by atoms with Crippen LogP contribution in [0, 0.1) is 0 Å². The van der Waals surface area contributed by atoms with E-state index in [2.05, 4.69) is 4.98 Å². The molecule has 2 N–H and O–H groups in total. The molecule has 3 rings (SSSR count). The van der Waals surface area contributed by atoms with Crippen LogP contribution in [0.3, 0.4) is 0 Å². The molecule has 3 heterocycles. The first-order chi connectivity index (χ1) is 8.68. The van der Waals surface area contributed by atoms with Crippen molar-refractivity contribution >= 4 is 11.5 Å². The van der Waals surface area contributed by atoms with Gasteiger partial charge in [0.1, 0.15) is 5.82 Å². The van der Waals surface area contributed by atoms with Gasteiger partial charge in [-0.2, -0.15) is 0 Å². The Hall–Kier alpha value is -2.08. The fraction of sp³-hybridized carbons (Fsp3) is 0.333. The monoisotopic (exact) mass is 248 g/mol. The van der Waals surface area contributed by atoms with Crippen molar-refractivity contribution in [3.8, 4) is 5.88 Å².